The lowest BCUT2D eigenvalue weighted by Gasteiger charge is -2.13. The van der Waals surface area contributed by atoms with E-state index >= 15 is 0 Å². The Kier molecular flexibility index (Phi) is 5.70. The number of nitrogens with zero attached hydrogens (tertiary/aromatic N) is 3. The molecule has 2 aromatic rings. The van der Waals surface area contributed by atoms with E-state index in [1.54, 1.807) is 0 Å². The summed E-state index contributed by atoms with van der Waals surface area (Å²) in [4.78, 5) is 13.4. The summed E-state index contributed by atoms with van der Waals surface area (Å²) in [5.41, 5.74) is 3.17. The van der Waals surface area contributed by atoms with Crippen molar-refractivity contribution in [3.63, 3.8) is 0 Å². The molecule has 5 heteroatoms. The molecular formula is C16H22N4S. The number of pyridine rings is 1. The Balaban J connectivity index is 2.05. The van der Waals surface area contributed by atoms with Crippen molar-refractivity contribution in [3.8, 4) is 0 Å². The van der Waals surface area contributed by atoms with Gasteiger partial charge in [0.05, 0.1) is 0 Å². The van der Waals surface area contributed by atoms with Gasteiger partial charge in [0.2, 0.25) is 0 Å². The molecule has 0 fully saturated rings. The second kappa shape index (κ2) is 7.52. The third-order valence-corrected chi connectivity index (χ3v) is 3.93. The Labute approximate surface area is 130 Å². The van der Waals surface area contributed by atoms with E-state index in [2.05, 4.69) is 40.2 Å². The maximum atomic E-state index is 4.51. The number of rotatable bonds is 6. The maximum absolute atomic E-state index is 4.51. The van der Waals surface area contributed by atoms with Crippen LogP contribution in [0.3, 0.4) is 0 Å². The topological polar surface area (TPSA) is 50.7 Å². The summed E-state index contributed by atoms with van der Waals surface area (Å²) < 4.78 is 0. The van der Waals surface area contributed by atoms with E-state index in [0.717, 1.165) is 34.5 Å². The quantitative estimate of drug-likeness (QED) is 0.825. The van der Waals surface area contributed by atoms with E-state index in [9.17, 15) is 0 Å². The minimum Gasteiger partial charge on any atom is -0.310 e. The average Bonchev–Trinajstić information content (AvgIpc) is 2.44. The zero-order valence-corrected chi connectivity index (χ0v) is 13.9. The smallest absolute Gasteiger partial charge is 0.194 e. The van der Waals surface area contributed by atoms with Gasteiger partial charge >= 0.3 is 0 Å². The highest BCUT2D eigenvalue weighted by molar-refractivity contribution is 7.99. The van der Waals surface area contributed by atoms with Crippen molar-refractivity contribution < 1.29 is 0 Å². The van der Waals surface area contributed by atoms with Crippen LogP contribution < -0.4 is 5.32 Å². The lowest BCUT2D eigenvalue weighted by Crippen LogP contribution is -2.19. The normalized spacial score (nSPS) is 12.4. The molecule has 0 amide bonds. The zero-order chi connectivity index (χ0) is 15.2. The number of aryl methyl sites for hydroxylation is 2. The van der Waals surface area contributed by atoms with Crippen LogP contribution in [0, 0.1) is 13.8 Å². The largest absolute Gasteiger partial charge is 0.310 e. The van der Waals surface area contributed by atoms with E-state index in [1.807, 2.05) is 32.2 Å². The van der Waals surface area contributed by atoms with Gasteiger partial charge in [0.15, 0.2) is 5.16 Å². The van der Waals surface area contributed by atoms with Gasteiger partial charge in [-0.1, -0.05) is 13.0 Å². The third kappa shape index (κ3) is 4.79. The number of nitrogens with one attached hydrogen (secondary N) is 1. The molecule has 2 rings (SSSR count). The summed E-state index contributed by atoms with van der Waals surface area (Å²) >= 11 is 1.50. The van der Waals surface area contributed by atoms with Gasteiger partial charge in [0.1, 0.15) is 5.03 Å². The first-order valence-corrected chi connectivity index (χ1v) is 8.09. The lowest BCUT2D eigenvalue weighted by molar-refractivity contribution is 0.568. The van der Waals surface area contributed by atoms with E-state index in [-0.39, 0.29) is 0 Å². The molecule has 2 heterocycles. The van der Waals surface area contributed by atoms with Gasteiger partial charge < -0.3 is 5.32 Å². The molecule has 0 aliphatic heterocycles. The van der Waals surface area contributed by atoms with Crippen LogP contribution in [-0.2, 0) is 0 Å². The van der Waals surface area contributed by atoms with Crippen LogP contribution in [0.25, 0.3) is 0 Å². The second-order valence-electron chi connectivity index (χ2n) is 5.14. The Morgan fingerprint density at radius 2 is 1.90 bits per heavy atom. The summed E-state index contributed by atoms with van der Waals surface area (Å²) in [5, 5.41) is 5.14. The van der Waals surface area contributed by atoms with Crippen LogP contribution in [0.2, 0.25) is 0 Å². The highest BCUT2D eigenvalue weighted by Crippen LogP contribution is 2.24. The SMILES string of the molecule is CCCNC(C)c1ccc(Sc2nc(C)cc(C)n2)nc1. The third-order valence-electron chi connectivity index (χ3n) is 3.12. The first-order chi connectivity index (χ1) is 10.1. The molecule has 1 unspecified atom stereocenters. The summed E-state index contributed by atoms with van der Waals surface area (Å²) in [6, 6.07) is 6.45. The van der Waals surface area contributed by atoms with Crippen molar-refractivity contribution in [3.05, 3.63) is 41.3 Å². The molecule has 2 aromatic heterocycles. The molecule has 4 nitrogen and oxygen atoms in total. The van der Waals surface area contributed by atoms with Crippen molar-refractivity contribution >= 4 is 11.8 Å². The molecule has 112 valence electrons. The predicted molar refractivity (Wildman–Crippen MR) is 86.6 cm³/mol. The van der Waals surface area contributed by atoms with Crippen molar-refractivity contribution in [2.24, 2.45) is 0 Å². The Hall–Kier alpha value is -1.46. The molecule has 0 bridgehead atoms. The van der Waals surface area contributed by atoms with Crippen LogP contribution in [0.1, 0.15) is 43.3 Å². The molecule has 0 saturated heterocycles. The second-order valence-corrected chi connectivity index (χ2v) is 6.13. The van der Waals surface area contributed by atoms with E-state index < -0.39 is 0 Å². The van der Waals surface area contributed by atoms with E-state index in [0.29, 0.717) is 6.04 Å². The molecule has 0 radical (unpaired) electrons. The van der Waals surface area contributed by atoms with Crippen LogP contribution in [0.5, 0.6) is 0 Å². The Morgan fingerprint density at radius 1 is 1.19 bits per heavy atom. The fraction of sp³-hybridized carbons (Fsp3) is 0.438. The van der Waals surface area contributed by atoms with Gasteiger partial charge in [-0.05, 0) is 63.2 Å². The van der Waals surface area contributed by atoms with E-state index in [4.69, 9.17) is 0 Å². The molecule has 0 aliphatic carbocycles. The monoisotopic (exact) mass is 302 g/mol. The Morgan fingerprint density at radius 3 is 2.48 bits per heavy atom. The summed E-state index contributed by atoms with van der Waals surface area (Å²) in [6.07, 6.45) is 3.06. The standard InChI is InChI=1S/C16H22N4S/c1-5-8-17-13(4)14-6-7-15(18-10-14)21-16-19-11(2)9-12(3)20-16/h6-7,9-10,13,17H,5,8H2,1-4H3. The highest BCUT2D eigenvalue weighted by Gasteiger charge is 2.07. The fourth-order valence-corrected chi connectivity index (χ4v) is 2.83. The average molecular weight is 302 g/mol. The lowest BCUT2D eigenvalue weighted by atomic mass is 10.1. The first kappa shape index (κ1) is 15.9. The van der Waals surface area contributed by atoms with Gasteiger partial charge in [-0.15, -0.1) is 0 Å². The number of aromatic nitrogens is 3. The molecule has 0 spiro atoms. The predicted octanol–water partition coefficient (Wildman–Crippen LogP) is 3.70. The number of hydrogen-bond acceptors (Lipinski definition) is 5. The molecule has 0 aromatic carbocycles. The molecule has 0 aliphatic rings. The van der Waals surface area contributed by atoms with Crippen LogP contribution in [-0.4, -0.2) is 21.5 Å². The Bertz CT molecular complexity index is 563. The molecular weight excluding hydrogens is 280 g/mol. The molecule has 1 N–H and O–H groups in total. The fourth-order valence-electron chi connectivity index (χ4n) is 2.02. The van der Waals surface area contributed by atoms with Crippen molar-refractivity contribution in [2.75, 3.05) is 6.54 Å². The van der Waals surface area contributed by atoms with Crippen molar-refractivity contribution in [2.45, 2.75) is 50.3 Å². The first-order valence-electron chi connectivity index (χ1n) is 7.28. The van der Waals surface area contributed by atoms with Crippen LogP contribution in [0.15, 0.2) is 34.6 Å². The highest BCUT2D eigenvalue weighted by atomic mass is 32.2. The van der Waals surface area contributed by atoms with E-state index in [1.165, 1.54) is 17.3 Å². The summed E-state index contributed by atoms with van der Waals surface area (Å²) in [5.74, 6) is 0. The molecule has 1 atom stereocenters. The van der Waals surface area contributed by atoms with Gasteiger partial charge in [-0.3, -0.25) is 0 Å². The minimum atomic E-state index is 0.328. The van der Waals surface area contributed by atoms with Crippen LogP contribution in [0.4, 0.5) is 0 Å². The van der Waals surface area contributed by atoms with Crippen LogP contribution >= 0.6 is 11.8 Å². The zero-order valence-electron chi connectivity index (χ0n) is 13.1. The number of hydrogen-bond donors (Lipinski definition) is 1. The van der Waals surface area contributed by atoms with Gasteiger partial charge in [-0.2, -0.15) is 0 Å². The summed E-state index contributed by atoms with van der Waals surface area (Å²) in [6.45, 7) is 9.31. The maximum Gasteiger partial charge on any atom is 0.194 e. The van der Waals surface area contributed by atoms with Gasteiger partial charge in [-0.25, -0.2) is 15.0 Å². The van der Waals surface area contributed by atoms with Crippen molar-refractivity contribution in [1.82, 2.24) is 20.3 Å². The van der Waals surface area contributed by atoms with Gasteiger partial charge in [0.25, 0.3) is 0 Å². The van der Waals surface area contributed by atoms with Crippen molar-refractivity contribution in [1.29, 1.82) is 0 Å². The van der Waals surface area contributed by atoms with Gasteiger partial charge in [0, 0.05) is 23.6 Å². The summed E-state index contributed by atoms with van der Waals surface area (Å²) in [7, 11) is 0. The minimum absolute atomic E-state index is 0.328. The molecule has 21 heavy (non-hydrogen) atoms. The molecule has 0 saturated carbocycles.